The van der Waals surface area contributed by atoms with Crippen molar-refractivity contribution in [1.82, 2.24) is 4.98 Å². The van der Waals surface area contributed by atoms with Gasteiger partial charge in [0, 0.05) is 24.0 Å². The Morgan fingerprint density at radius 3 is 2.22 bits per heavy atom. The molecule has 23 heavy (non-hydrogen) atoms. The van der Waals surface area contributed by atoms with Gasteiger partial charge in [-0.05, 0) is 36.8 Å². The van der Waals surface area contributed by atoms with E-state index in [1.165, 1.54) is 25.7 Å². The first-order valence-corrected chi connectivity index (χ1v) is 7.26. The SMILES string of the molecule is O=C(Nc1ccncc1)C1CC12CCCC2.O=C(O)C(F)(F)F. The second-order valence-electron chi connectivity index (χ2n) is 5.85. The highest BCUT2D eigenvalue weighted by Crippen LogP contribution is 2.63. The zero-order valence-electron chi connectivity index (χ0n) is 12.3. The molecule has 5 nitrogen and oxygen atoms in total. The lowest BCUT2D eigenvalue weighted by atomic mass is 10.0. The zero-order chi connectivity index (χ0) is 17.1. The number of alkyl halides is 3. The van der Waals surface area contributed by atoms with Crippen LogP contribution in [0.5, 0.6) is 0 Å². The van der Waals surface area contributed by atoms with Crippen LogP contribution in [0.1, 0.15) is 32.1 Å². The molecule has 1 unspecified atom stereocenters. The van der Waals surface area contributed by atoms with Crippen molar-refractivity contribution in [3.8, 4) is 0 Å². The molecule has 2 aliphatic rings. The van der Waals surface area contributed by atoms with Gasteiger partial charge in [-0.1, -0.05) is 12.8 Å². The van der Waals surface area contributed by atoms with Crippen molar-refractivity contribution in [1.29, 1.82) is 0 Å². The number of rotatable bonds is 2. The van der Waals surface area contributed by atoms with E-state index in [1.807, 2.05) is 12.1 Å². The van der Waals surface area contributed by atoms with Gasteiger partial charge in [-0.3, -0.25) is 9.78 Å². The molecule has 2 aliphatic carbocycles. The van der Waals surface area contributed by atoms with Crippen LogP contribution in [0, 0.1) is 11.3 Å². The van der Waals surface area contributed by atoms with Crippen LogP contribution >= 0.6 is 0 Å². The summed E-state index contributed by atoms with van der Waals surface area (Å²) in [5, 5.41) is 10.1. The van der Waals surface area contributed by atoms with Gasteiger partial charge in [0.1, 0.15) is 0 Å². The number of aromatic nitrogens is 1. The Labute approximate surface area is 130 Å². The van der Waals surface area contributed by atoms with Gasteiger partial charge >= 0.3 is 12.1 Å². The number of carbonyl (C=O) groups excluding carboxylic acids is 1. The second kappa shape index (κ2) is 6.55. The van der Waals surface area contributed by atoms with Crippen molar-refractivity contribution in [3.05, 3.63) is 24.5 Å². The minimum atomic E-state index is -5.08. The minimum absolute atomic E-state index is 0.202. The summed E-state index contributed by atoms with van der Waals surface area (Å²) in [5.41, 5.74) is 1.25. The Bertz CT molecular complexity index is 569. The molecule has 0 aromatic carbocycles. The normalized spacial score (nSPS) is 21.3. The fourth-order valence-electron chi connectivity index (χ4n) is 3.01. The molecule has 2 N–H and O–H groups in total. The number of carbonyl (C=O) groups is 2. The molecule has 0 saturated heterocycles. The van der Waals surface area contributed by atoms with Crippen molar-refractivity contribution in [3.63, 3.8) is 0 Å². The summed E-state index contributed by atoms with van der Waals surface area (Å²) >= 11 is 0. The molecule has 3 rings (SSSR count). The molecule has 0 aliphatic heterocycles. The maximum absolute atomic E-state index is 12.0. The number of nitrogens with zero attached hydrogens (tertiary/aromatic N) is 1. The maximum atomic E-state index is 12.0. The summed E-state index contributed by atoms with van der Waals surface area (Å²) < 4.78 is 31.7. The van der Waals surface area contributed by atoms with Gasteiger partial charge in [0.05, 0.1) is 0 Å². The molecular weight excluding hydrogens is 313 g/mol. The third kappa shape index (κ3) is 4.43. The largest absolute Gasteiger partial charge is 0.490 e. The average Bonchev–Trinajstić information content (AvgIpc) is 2.97. The molecular formula is C15H17F3N2O3. The molecule has 8 heteroatoms. The predicted molar refractivity (Wildman–Crippen MR) is 75.6 cm³/mol. The van der Waals surface area contributed by atoms with E-state index in [2.05, 4.69) is 10.3 Å². The van der Waals surface area contributed by atoms with Crippen LogP contribution in [0.4, 0.5) is 18.9 Å². The Morgan fingerprint density at radius 2 is 1.74 bits per heavy atom. The van der Waals surface area contributed by atoms with Crippen molar-refractivity contribution in [2.24, 2.45) is 11.3 Å². The number of aliphatic carboxylic acids is 1. The lowest BCUT2D eigenvalue weighted by Crippen LogP contribution is -2.21. The lowest BCUT2D eigenvalue weighted by Gasteiger charge is -2.08. The van der Waals surface area contributed by atoms with E-state index >= 15 is 0 Å². The van der Waals surface area contributed by atoms with E-state index in [9.17, 15) is 18.0 Å². The number of pyridine rings is 1. The van der Waals surface area contributed by atoms with E-state index in [4.69, 9.17) is 9.90 Å². The quantitative estimate of drug-likeness (QED) is 0.872. The first kappa shape index (κ1) is 17.2. The summed E-state index contributed by atoms with van der Waals surface area (Å²) in [4.78, 5) is 24.8. The van der Waals surface area contributed by atoms with E-state index < -0.39 is 12.1 Å². The predicted octanol–water partition coefficient (Wildman–Crippen LogP) is 3.23. The zero-order valence-corrected chi connectivity index (χ0v) is 12.3. The fourth-order valence-corrected chi connectivity index (χ4v) is 3.01. The van der Waals surface area contributed by atoms with Crippen molar-refractivity contribution in [2.45, 2.75) is 38.3 Å². The highest BCUT2D eigenvalue weighted by atomic mass is 19.4. The van der Waals surface area contributed by atoms with E-state index in [0.29, 0.717) is 5.41 Å². The first-order chi connectivity index (χ1) is 10.7. The highest BCUT2D eigenvalue weighted by molar-refractivity contribution is 5.95. The molecule has 0 bridgehead atoms. The molecule has 2 saturated carbocycles. The third-order valence-electron chi connectivity index (χ3n) is 4.30. The summed E-state index contributed by atoms with van der Waals surface area (Å²) in [5.74, 6) is -2.29. The van der Waals surface area contributed by atoms with Crippen LogP contribution < -0.4 is 5.32 Å². The van der Waals surface area contributed by atoms with Crippen LogP contribution in [0.25, 0.3) is 0 Å². The van der Waals surface area contributed by atoms with E-state index in [1.54, 1.807) is 12.4 Å². The smallest absolute Gasteiger partial charge is 0.475 e. The van der Waals surface area contributed by atoms with Crippen molar-refractivity contribution < 1.29 is 27.9 Å². The fraction of sp³-hybridized carbons (Fsp3) is 0.533. The van der Waals surface area contributed by atoms with Crippen molar-refractivity contribution >= 4 is 17.6 Å². The lowest BCUT2D eigenvalue weighted by molar-refractivity contribution is -0.192. The molecule has 126 valence electrons. The number of anilines is 1. The van der Waals surface area contributed by atoms with Gasteiger partial charge in [0.15, 0.2) is 0 Å². The number of carboxylic acids is 1. The first-order valence-electron chi connectivity index (χ1n) is 7.26. The highest BCUT2D eigenvalue weighted by Gasteiger charge is 2.58. The Kier molecular flexibility index (Phi) is 4.91. The molecule has 1 aromatic heterocycles. The molecule has 1 amide bonds. The summed E-state index contributed by atoms with van der Waals surface area (Å²) in [6.07, 6.45) is 4.53. The van der Waals surface area contributed by atoms with E-state index in [0.717, 1.165) is 12.1 Å². The van der Waals surface area contributed by atoms with Crippen LogP contribution in [-0.4, -0.2) is 28.1 Å². The van der Waals surface area contributed by atoms with Gasteiger partial charge in [-0.15, -0.1) is 0 Å². The Morgan fingerprint density at radius 1 is 1.22 bits per heavy atom. The number of nitrogens with one attached hydrogen (secondary N) is 1. The van der Waals surface area contributed by atoms with Gasteiger partial charge in [0.2, 0.25) is 5.91 Å². The summed E-state index contributed by atoms with van der Waals surface area (Å²) in [6, 6.07) is 3.67. The number of hydrogen-bond donors (Lipinski definition) is 2. The maximum Gasteiger partial charge on any atom is 0.490 e. The molecule has 1 aromatic rings. The minimum Gasteiger partial charge on any atom is -0.475 e. The molecule has 2 fully saturated rings. The second-order valence-corrected chi connectivity index (χ2v) is 5.85. The molecule has 1 heterocycles. The summed E-state index contributed by atoms with van der Waals surface area (Å²) in [7, 11) is 0. The van der Waals surface area contributed by atoms with Crippen molar-refractivity contribution in [2.75, 3.05) is 5.32 Å². The monoisotopic (exact) mass is 330 g/mol. The Balaban J connectivity index is 0.000000236. The standard InChI is InChI=1S/C13H16N2O.C2HF3O2/c16-12(15-10-3-7-14-8-4-10)11-9-13(11)5-1-2-6-13;3-2(4,5)1(6)7/h3-4,7-8,11H,1-2,5-6,9H2,(H,14,15,16);(H,6,7). The Hall–Kier alpha value is -2.12. The van der Waals surface area contributed by atoms with E-state index in [-0.39, 0.29) is 11.8 Å². The van der Waals surface area contributed by atoms with Gasteiger partial charge < -0.3 is 10.4 Å². The summed E-state index contributed by atoms with van der Waals surface area (Å²) in [6.45, 7) is 0. The molecule has 1 spiro atoms. The topological polar surface area (TPSA) is 79.3 Å². The molecule has 1 atom stereocenters. The number of halogens is 3. The van der Waals surface area contributed by atoms with Gasteiger partial charge in [-0.2, -0.15) is 13.2 Å². The van der Waals surface area contributed by atoms with Crippen LogP contribution in [0.15, 0.2) is 24.5 Å². The average molecular weight is 330 g/mol. The number of carboxylic acid groups (broad SMARTS) is 1. The van der Waals surface area contributed by atoms with Crippen LogP contribution in [0.3, 0.4) is 0 Å². The van der Waals surface area contributed by atoms with Gasteiger partial charge in [0.25, 0.3) is 0 Å². The van der Waals surface area contributed by atoms with Crippen LogP contribution in [0.2, 0.25) is 0 Å². The third-order valence-corrected chi connectivity index (χ3v) is 4.30. The van der Waals surface area contributed by atoms with Crippen LogP contribution in [-0.2, 0) is 9.59 Å². The number of amides is 1. The number of hydrogen-bond acceptors (Lipinski definition) is 3. The molecule has 0 radical (unpaired) electrons. The van der Waals surface area contributed by atoms with Gasteiger partial charge in [-0.25, -0.2) is 4.79 Å².